The first-order valence-electron chi connectivity index (χ1n) is 5.77. The van der Waals surface area contributed by atoms with Crippen LogP contribution in [0.2, 0.25) is 0 Å². The Labute approximate surface area is 106 Å². The van der Waals surface area contributed by atoms with Gasteiger partial charge in [0.05, 0.1) is 6.54 Å². The average Bonchev–Trinajstić information content (AvgIpc) is 2.73. The third-order valence-corrected chi connectivity index (χ3v) is 3.53. The van der Waals surface area contributed by atoms with Gasteiger partial charge < -0.3 is 10.6 Å². The Morgan fingerprint density at radius 3 is 2.59 bits per heavy atom. The Morgan fingerprint density at radius 2 is 1.94 bits per heavy atom. The number of hydrogen-bond donors (Lipinski definition) is 2. The maximum atomic E-state index is 4.47. The van der Waals surface area contributed by atoms with Crippen molar-refractivity contribution in [3.63, 3.8) is 0 Å². The molecule has 0 aliphatic carbocycles. The van der Waals surface area contributed by atoms with E-state index >= 15 is 0 Å². The molecule has 0 fully saturated rings. The van der Waals surface area contributed by atoms with Gasteiger partial charge in [-0.25, -0.2) is 4.98 Å². The van der Waals surface area contributed by atoms with Gasteiger partial charge >= 0.3 is 0 Å². The second kappa shape index (κ2) is 5.68. The molecule has 90 valence electrons. The Balaban J connectivity index is 1.99. The maximum Gasteiger partial charge on any atom is 0.128 e. The number of aryl methyl sites for hydroxylation is 1. The minimum atomic E-state index is 0.839. The first kappa shape index (κ1) is 11.9. The number of rotatable bonds is 5. The van der Waals surface area contributed by atoms with Crippen molar-refractivity contribution < 1.29 is 0 Å². The zero-order valence-corrected chi connectivity index (χ0v) is 11.0. The molecular weight excluding hydrogens is 230 g/mol. The van der Waals surface area contributed by atoms with Gasteiger partial charge in [-0.2, -0.15) is 0 Å². The molecule has 2 aromatic heterocycles. The van der Waals surface area contributed by atoms with Crippen LogP contribution in [0, 0.1) is 6.92 Å². The van der Waals surface area contributed by atoms with Crippen molar-refractivity contribution in [3.8, 4) is 0 Å². The van der Waals surface area contributed by atoms with E-state index in [4.69, 9.17) is 0 Å². The quantitative estimate of drug-likeness (QED) is 0.849. The molecule has 2 aromatic rings. The fourth-order valence-electron chi connectivity index (χ4n) is 1.57. The van der Waals surface area contributed by atoms with E-state index in [-0.39, 0.29) is 0 Å². The zero-order chi connectivity index (χ0) is 12.1. The van der Waals surface area contributed by atoms with Crippen LogP contribution < -0.4 is 10.6 Å². The lowest BCUT2D eigenvalue weighted by molar-refractivity contribution is 1.11. The molecule has 0 saturated carbocycles. The summed E-state index contributed by atoms with van der Waals surface area (Å²) in [5.74, 6) is 1.83. The molecule has 0 aliphatic heterocycles. The van der Waals surface area contributed by atoms with Crippen molar-refractivity contribution in [3.05, 3.63) is 40.1 Å². The Morgan fingerprint density at radius 1 is 1.18 bits per heavy atom. The van der Waals surface area contributed by atoms with E-state index in [1.807, 2.05) is 18.2 Å². The number of hydrogen-bond acceptors (Lipinski definition) is 4. The van der Waals surface area contributed by atoms with Crippen molar-refractivity contribution in [2.45, 2.75) is 20.4 Å². The molecule has 3 nitrogen and oxygen atoms in total. The Kier molecular flexibility index (Phi) is 3.98. The molecule has 0 bridgehead atoms. The summed E-state index contributed by atoms with van der Waals surface area (Å²) in [5, 5.41) is 8.67. The SMILES string of the molecule is CCNc1cccc(NCc2sccc2C)n1. The van der Waals surface area contributed by atoms with Gasteiger partial charge in [0.1, 0.15) is 11.6 Å². The van der Waals surface area contributed by atoms with Crippen LogP contribution in [0.15, 0.2) is 29.6 Å². The molecule has 2 rings (SSSR count). The van der Waals surface area contributed by atoms with E-state index in [2.05, 4.69) is 40.9 Å². The van der Waals surface area contributed by atoms with Gasteiger partial charge in [0.2, 0.25) is 0 Å². The van der Waals surface area contributed by atoms with E-state index in [1.165, 1.54) is 10.4 Å². The third kappa shape index (κ3) is 3.20. The van der Waals surface area contributed by atoms with Gasteiger partial charge in [-0.1, -0.05) is 6.07 Å². The first-order chi connectivity index (χ1) is 8.29. The average molecular weight is 247 g/mol. The van der Waals surface area contributed by atoms with Crippen molar-refractivity contribution in [2.24, 2.45) is 0 Å². The number of anilines is 2. The summed E-state index contributed by atoms with van der Waals surface area (Å²) in [7, 11) is 0. The van der Waals surface area contributed by atoms with Crippen LogP contribution in [0.25, 0.3) is 0 Å². The number of nitrogens with zero attached hydrogens (tertiary/aromatic N) is 1. The van der Waals surface area contributed by atoms with E-state index < -0.39 is 0 Å². The minimum absolute atomic E-state index is 0.839. The van der Waals surface area contributed by atoms with Crippen molar-refractivity contribution in [2.75, 3.05) is 17.2 Å². The van der Waals surface area contributed by atoms with E-state index in [0.29, 0.717) is 0 Å². The highest BCUT2D eigenvalue weighted by Crippen LogP contribution is 2.17. The summed E-state index contributed by atoms with van der Waals surface area (Å²) in [6.45, 7) is 5.93. The van der Waals surface area contributed by atoms with Crippen molar-refractivity contribution >= 4 is 23.0 Å². The monoisotopic (exact) mass is 247 g/mol. The first-order valence-corrected chi connectivity index (χ1v) is 6.65. The molecule has 0 radical (unpaired) electrons. The van der Waals surface area contributed by atoms with Crippen LogP contribution in [-0.2, 0) is 6.54 Å². The van der Waals surface area contributed by atoms with Crippen LogP contribution in [0.3, 0.4) is 0 Å². The zero-order valence-electron chi connectivity index (χ0n) is 10.2. The second-order valence-electron chi connectivity index (χ2n) is 3.82. The molecule has 0 amide bonds. The summed E-state index contributed by atoms with van der Waals surface area (Å²) < 4.78 is 0. The molecule has 2 N–H and O–H groups in total. The number of thiophene rings is 1. The summed E-state index contributed by atoms with van der Waals surface area (Å²) in [6.07, 6.45) is 0. The largest absolute Gasteiger partial charge is 0.370 e. The van der Waals surface area contributed by atoms with Crippen LogP contribution in [0.1, 0.15) is 17.4 Å². The molecule has 0 unspecified atom stereocenters. The summed E-state index contributed by atoms with van der Waals surface area (Å²) >= 11 is 1.78. The fourth-order valence-corrected chi connectivity index (χ4v) is 2.41. The topological polar surface area (TPSA) is 37.0 Å². The van der Waals surface area contributed by atoms with Gasteiger partial charge in [-0.05, 0) is 43.0 Å². The normalized spacial score (nSPS) is 10.2. The molecule has 0 aliphatic rings. The van der Waals surface area contributed by atoms with E-state index in [1.54, 1.807) is 11.3 Å². The number of aromatic nitrogens is 1. The second-order valence-corrected chi connectivity index (χ2v) is 4.82. The molecule has 4 heteroatoms. The molecule has 17 heavy (non-hydrogen) atoms. The highest BCUT2D eigenvalue weighted by atomic mass is 32.1. The van der Waals surface area contributed by atoms with Crippen LogP contribution in [-0.4, -0.2) is 11.5 Å². The summed E-state index contributed by atoms with van der Waals surface area (Å²) in [4.78, 5) is 5.84. The molecular formula is C13H17N3S. The molecule has 0 spiro atoms. The molecule has 0 aromatic carbocycles. The van der Waals surface area contributed by atoms with Gasteiger partial charge in [0.25, 0.3) is 0 Å². The van der Waals surface area contributed by atoms with Gasteiger partial charge in [-0.15, -0.1) is 11.3 Å². The number of pyridine rings is 1. The van der Waals surface area contributed by atoms with Gasteiger partial charge in [0, 0.05) is 11.4 Å². The van der Waals surface area contributed by atoms with Crippen molar-refractivity contribution in [1.29, 1.82) is 0 Å². The Hall–Kier alpha value is -1.55. The molecule has 0 saturated heterocycles. The highest BCUT2D eigenvalue weighted by Gasteiger charge is 2.00. The van der Waals surface area contributed by atoms with Crippen LogP contribution in [0.5, 0.6) is 0 Å². The van der Waals surface area contributed by atoms with E-state index in [9.17, 15) is 0 Å². The fraction of sp³-hybridized carbons (Fsp3) is 0.308. The van der Waals surface area contributed by atoms with Crippen LogP contribution in [0.4, 0.5) is 11.6 Å². The molecule has 0 atom stereocenters. The third-order valence-electron chi connectivity index (χ3n) is 2.51. The summed E-state index contributed by atoms with van der Waals surface area (Å²) in [6, 6.07) is 8.12. The highest BCUT2D eigenvalue weighted by molar-refractivity contribution is 7.10. The predicted octanol–water partition coefficient (Wildman–Crippen LogP) is 3.50. The number of nitrogens with one attached hydrogen (secondary N) is 2. The van der Waals surface area contributed by atoms with E-state index in [0.717, 1.165) is 24.7 Å². The molecule has 2 heterocycles. The standard InChI is InChI=1S/C13H17N3S/c1-3-14-12-5-4-6-13(16-12)15-9-11-10(2)7-8-17-11/h4-8H,3,9H2,1-2H3,(H2,14,15,16). The van der Waals surface area contributed by atoms with Gasteiger partial charge in [-0.3, -0.25) is 0 Å². The lowest BCUT2D eigenvalue weighted by Crippen LogP contribution is -2.04. The lowest BCUT2D eigenvalue weighted by Gasteiger charge is -2.07. The van der Waals surface area contributed by atoms with Gasteiger partial charge in [0.15, 0.2) is 0 Å². The predicted molar refractivity (Wildman–Crippen MR) is 74.8 cm³/mol. The van der Waals surface area contributed by atoms with Crippen molar-refractivity contribution in [1.82, 2.24) is 4.98 Å². The Bertz CT molecular complexity index is 479. The summed E-state index contributed by atoms with van der Waals surface area (Å²) in [5.41, 5.74) is 1.34. The minimum Gasteiger partial charge on any atom is -0.370 e. The smallest absolute Gasteiger partial charge is 0.128 e. The lowest BCUT2D eigenvalue weighted by atomic mass is 10.3. The van der Waals surface area contributed by atoms with Crippen LogP contribution >= 0.6 is 11.3 Å². The maximum absolute atomic E-state index is 4.47.